The summed E-state index contributed by atoms with van der Waals surface area (Å²) in [6.45, 7) is 6.28. The Balaban J connectivity index is 0.00000137. The predicted molar refractivity (Wildman–Crippen MR) is 76.1 cm³/mol. The molecule has 0 aliphatic rings. The smallest absolute Gasteiger partial charge is 0.153 e. The Morgan fingerprint density at radius 2 is 1.78 bits per heavy atom. The van der Waals surface area contributed by atoms with Crippen LogP contribution < -0.4 is 4.74 Å². The average Bonchev–Trinajstić information content (AvgIpc) is 2.41. The van der Waals surface area contributed by atoms with E-state index in [0.29, 0.717) is 13.0 Å². The van der Waals surface area contributed by atoms with Gasteiger partial charge in [0.2, 0.25) is 0 Å². The van der Waals surface area contributed by atoms with Crippen molar-refractivity contribution in [2.24, 2.45) is 0 Å². The number of hydrogen-bond donors (Lipinski definition) is 0. The standard InChI is InChI=1S/C13H19NO2.C2H6/c1-4-13(15)12(14(2)3)10-16-11-8-6-5-7-9-11;1-2/h5-9,12H,4,10H2,1-3H3;1-2H3. The zero-order valence-electron chi connectivity index (χ0n) is 12.1. The van der Waals surface area contributed by atoms with Crippen molar-refractivity contribution in [3.05, 3.63) is 30.3 Å². The second-order valence-electron chi connectivity index (χ2n) is 3.92. The molecule has 18 heavy (non-hydrogen) atoms. The van der Waals surface area contributed by atoms with Crippen LogP contribution in [0.5, 0.6) is 5.75 Å². The molecule has 0 spiro atoms. The van der Waals surface area contributed by atoms with Crippen molar-refractivity contribution in [3.63, 3.8) is 0 Å². The second-order valence-corrected chi connectivity index (χ2v) is 3.92. The zero-order valence-corrected chi connectivity index (χ0v) is 12.1. The summed E-state index contributed by atoms with van der Waals surface area (Å²) in [4.78, 5) is 13.6. The van der Waals surface area contributed by atoms with Gasteiger partial charge in [-0.2, -0.15) is 0 Å². The minimum absolute atomic E-state index is 0.162. The lowest BCUT2D eigenvalue weighted by Crippen LogP contribution is -2.40. The van der Waals surface area contributed by atoms with Crippen LogP contribution in [0.1, 0.15) is 27.2 Å². The van der Waals surface area contributed by atoms with E-state index >= 15 is 0 Å². The molecule has 0 aromatic heterocycles. The molecule has 0 bridgehead atoms. The van der Waals surface area contributed by atoms with Gasteiger partial charge in [0.15, 0.2) is 5.78 Å². The molecule has 1 atom stereocenters. The Morgan fingerprint density at radius 3 is 2.22 bits per heavy atom. The van der Waals surface area contributed by atoms with E-state index in [0.717, 1.165) is 5.75 Å². The maximum absolute atomic E-state index is 11.7. The third kappa shape index (κ3) is 5.82. The number of ketones is 1. The van der Waals surface area contributed by atoms with E-state index in [2.05, 4.69) is 0 Å². The van der Waals surface area contributed by atoms with E-state index in [4.69, 9.17) is 4.74 Å². The van der Waals surface area contributed by atoms with Crippen LogP contribution >= 0.6 is 0 Å². The van der Waals surface area contributed by atoms with Crippen molar-refractivity contribution in [2.75, 3.05) is 20.7 Å². The summed E-state index contributed by atoms with van der Waals surface area (Å²) in [5.41, 5.74) is 0. The lowest BCUT2D eigenvalue weighted by atomic mass is 10.1. The van der Waals surface area contributed by atoms with Gasteiger partial charge >= 0.3 is 0 Å². The first-order valence-corrected chi connectivity index (χ1v) is 6.52. The Hall–Kier alpha value is -1.35. The SMILES string of the molecule is CC.CCC(=O)C(COc1ccccc1)N(C)C. The van der Waals surface area contributed by atoms with Crippen molar-refractivity contribution in [1.82, 2.24) is 4.90 Å². The number of rotatable bonds is 6. The molecule has 1 unspecified atom stereocenters. The quantitative estimate of drug-likeness (QED) is 0.778. The first-order chi connectivity index (χ1) is 8.65. The average molecular weight is 251 g/mol. The van der Waals surface area contributed by atoms with Gasteiger partial charge in [0, 0.05) is 6.42 Å². The first-order valence-electron chi connectivity index (χ1n) is 6.52. The third-order valence-electron chi connectivity index (χ3n) is 2.49. The van der Waals surface area contributed by atoms with Gasteiger partial charge in [-0.25, -0.2) is 0 Å². The van der Waals surface area contributed by atoms with Crippen molar-refractivity contribution in [3.8, 4) is 5.75 Å². The van der Waals surface area contributed by atoms with Gasteiger partial charge in [0.25, 0.3) is 0 Å². The van der Waals surface area contributed by atoms with Gasteiger partial charge in [-0.05, 0) is 26.2 Å². The van der Waals surface area contributed by atoms with Crippen LogP contribution in [0.4, 0.5) is 0 Å². The fourth-order valence-corrected chi connectivity index (χ4v) is 1.46. The molecule has 0 saturated heterocycles. The van der Waals surface area contributed by atoms with Crippen molar-refractivity contribution in [2.45, 2.75) is 33.2 Å². The van der Waals surface area contributed by atoms with E-state index in [1.807, 2.05) is 70.1 Å². The minimum atomic E-state index is -0.162. The van der Waals surface area contributed by atoms with Crippen molar-refractivity contribution in [1.29, 1.82) is 0 Å². The molecule has 0 N–H and O–H groups in total. The summed E-state index contributed by atoms with van der Waals surface area (Å²) in [6.07, 6.45) is 0.543. The Bertz CT molecular complexity index is 323. The van der Waals surface area contributed by atoms with Crippen LogP contribution in [0.15, 0.2) is 30.3 Å². The van der Waals surface area contributed by atoms with Crippen molar-refractivity contribution < 1.29 is 9.53 Å². The summed E-state index contributed by atoms with van der Waals surface area (Å²) in [5.74, 6) is 1.01. The van der Waals surface area contributed by atoms with Gasteiger partial charge in [0.05, 0.1) is 0 Å². The predicted octanol–water partition coefficient (Wildman–Crippen LogP) is 3.00. The van der Waals surface area contributed by atoms with E-state index < -0.39 is 0 Å². The molecule has 3 heteroatoms. The highest BCUT2D eigenvalue weighted by Crippen LogP contribution is 2.10. The fraction of sp³-hybridized carbons (Fsp3) is 0.533. The lowest BCUT2D eigenvalue weighted by Gasteiger charge is -2.22. The number of nitrogens with zero attached hydrogens (tertiary/aromatic N) is 1. The molecule has 0 aliphatic heterocycles. The van der Waals surface area contributed by atoms with Crippen LogP contribution in [0, 0.1) is 0 Å². The number of carbonyl (C=O) groups is 1. The van der Waals surface area contributed by atoms with E-state index in [1.54, 1.807) is 0 Å². The second kappa shape index (κ2) is 9.66. The number of ether oxygens (including phenoxy) is 1. The molecule has 0 heterocycles. The lowest BCUT2D eigenvalue weighted by molar-refractivity contribution is -0.124. The third-order valence-corrected chi connectivity index (χ3v) is 2.49. The van der Waals surface area contributed by atoms with Gasteiger partial charge < -0.3 is 4.74 Å². The number of para-hydroxylation sites is 1. The molecule has 0 saturated carbocycles. The number of likely N-dealkylation sites (N-methyl/N-ethyl adjacent to an activating group) is 1. The Kier molecular flexibility index (Phi) is 8.93. The number of Topliss-reactive ketones (excluding diaryl/α,β-unsaturated/α-hetero) is 1. The van der Waals surface area contributed by atoms with Crippen LogP contribution in [-0.2, 0) is 4.79 Å². The Labute approximate surface area is 111 Å². The maximum atomic E-state index is 11.7. The first kappa shape index (κ1) is 16.6. The highest BCUT2D eigenvalue weighted by Gasteiger charge is 2.19. The molecular formula is C15H25NO2. The van der Waals surface area contributed by atoms with Gasteiger partial charge in [0.1, 0.15) is 18.4 Å². The normalized spacial score (nSPS) is 11.4. The van der Waals surface area contributed by atoms with Gasteiger partial charge in [-0.1, -0.05) is 39.0 Å². The molecular weight excluding hydrogens is 226 g/mol. The molecule has 3 nitrogen and oxygen atoms in total. The highest BCUT2D eigenvalue weighted by atomic mass is 16.5. The molecule has 1 aromatic rings. The summed E-state index contributed by atoms with van der Waals surface area (Å²) in [7, 11) is 3.79. The van der Waals surface area contributed by atoms with Crippen LogP contribution in [0.2, 0.25) is 0 Å². The molecule has 1 rings (SSSR count). The highest BCUT2D eigenvalue weighted by molar-refractivity contribution is 5.83. The number of hydrogen-bond acceptors (Lipinski definition) is 3. The van der Waals surface area contributed by atoms with E-state index in [9.17, 15) is 4.79 Å². The van der Waals surface area contributed by atoms with Gasteiger partial charge in [-0.15, -0.1) is 0 Å². The van der Waals surface area contributed by atoms with Crippen molar-refractivity contribution >= 4 is 5.78 Å². The zero-order chi connectivity index (χ0) is 14.0. The molecule has 1 aromatic carbocycles. The molecule has 0 fully saturated rings. The summed E-state index contributed by atoms with van der Waals surface area (Å²) < 4.78 is 5.59. The summed E-state index contributed by atoms with van der Waals surface area (Å²) in [6, 6.07) is 9.40. The van der Waals surface area contributed by atoms with E-state index in [1.165, 1.54) is 0 Å². The van der Waals surface area contributed by atoms with Crippen LogP contribution in [0.25, 0.3) is 0 Å². The van der Waals surface area contributed by atoms with E-state index in [-0.39, 0.29) is 11.8 Å². The number of benzene rings is 1. The topological polar surface area (TPSA) is 29.5 Å². The monoisotopic (exact) mass is 251 g/mol. The molecule has 0 radical (unpaired) electrons. The summed E-state index contributed by atoms with van der Waals surface area (Å²) in [5, 5.41) is 0. The minimum Gasteiger partial charge on any atom is -0.491 e. The number of carbonyl (C=O) groups excluding carboxylic acids is 1. The molecule has 102 valence electrons. The maximum Gasteiger partial charge on any atom is 0.153 e. The fourth-order valence-electron chi connectivity index (χ4n) is 1.46. The molecule has 0 amide bonds. The molecule has 0 aliphatic carbocycles. The van der Waals surface area contributed by atoms with Gasteiger partial charge in [-0.3, -0.25) is 9.69 Å². The van der Waals surface area contributed by atoms with Crippen LogP contribution in [-0.4, -0.2) is 37.4 Å². The largest absolute Gasteiger partial charge is 0.491 e. The van der Waals surface area contributed by atoms with Crippen LogP contribution in [0.3, 0.4) is 0 Å². The summed E-state index contributed by atoms with van der Waals surface area (Å²) >= 11 is 0. The Morgan fingerprint density at radius 1 is 1.22 bits per heavy atom.